The average Bonchev–Trinajstić information content (AvgIpc) is 1.84. The van der Waals surface area contributed by atoms with E-state index in [0.717, 1.165) is 3.94 Å². The van der Waals surface area contributed by atoms with Crippen LogP contribution in [0.4, 0.5) is 0 Å². The van der Waals surface area contributed by atoms with Crippen LogP contribution < -0.4 is 0 Å². The number of halogens is 6. The van der Waals surface area contributed by atoms with E-state index in [9.17, 15) is 0 Å². The van der Waals surface area contributed by atoms with E-state index in [-0.39, 0.29) is 13.0 Å². The number of alkyl halides is 2. The Bertz CT molecular complexity index is 114. The molecule has 0 aliphatic rings. The second-order valence-electron chi connectivity index (χ2n) is 1.68. The molecule has 0 saturated heterocycles. The van der Waals surface area contributed by atoms with E-state index in [1.165, 1.54) is 0 Å². The van der Waals surface area contributed by atoms with Crippen LogP contribution in [0.15, 0.2) is 0 Å². The summed E-state index contributed by atoms with van der Waals surface area (Å²) in [5.41, 5.74) is 0. The van der Waals surface area contributed by atoms with Crippen LogP contribution in [0.3, 0.4) is 0 Å². The van der Waals surface area contributed by atoms with Gasteiger partial charge in [0.05, 0.1) is 0 Å². The molecule has 2 nitrogen and oxygen atoms in total. The molecule has 0 aromatic carbocycles. The van der Waals surface area contributed by atoms with Crippen LogP contribution in [-0.4, -0.2) is 18.9 Å². The summed E-state index contributed by atoms with van der Waals surface area (Å²) in [7, 11) is 0. The molecule has 0 amide bonds. The van der Waals surface area contributed by atoms with Gasteiger partial charge in [0.2, 0.25) is 0 Å². The molecule has 0 heterocycles. The monoisotopic (exact) mass is 278 g/mol. The lowest BCUT2D eigenvalue weighted by atomic mass is 10.4. The molecule has 0 rings (SSSR count). The van der Waals surface area contributed by atoms with Gasteiger partial charge in [0.1, 0.15) is 0 Å². The number of rotatable bonds is 4. The minimum Gasteiger partial charge on any atom is -0.132 e. The van der Waals surface area contributed by atoms with Crippen molar-refractivity contribution >= 4 is 70.3 Å². The smallest absolute Gasteiger partial charge is 0.132 e. The summed E-state index contributed by atoms with van der Waals surface area (Å²) in [5, 5.41) is 0. The third kappa shape index (κ3) is 5.83. The van der Waals surface area contributed by atoms with Crippen molar-refractivity contribution in [2.45, 2.75) is 10.9 Å². The molecule has 11 heavy (non-hydrogen) atoms. The second kappa shape index (κ2) is 5.40. The highest BCUT2D eigenvalue weighted by molar-refractivity contribution is 6.53. The van der Waals surface area contributed by atoms with E-state index in [2.05, 4.69) is 0 Å². The molecule has 0 aliphatic heterocycles. The van der Waals surface area contributed by atoms with Gasteiger partial charge in [-0.1, -0.05) is 27.1 Å². The van der Waals surface area contributed by atoms with Gasteiger partial charge in [0.15, 0.2) is 4.46 Å². The van der Waals surface area contributed by atoms with Gasteiger partial charge in [0, 0.05) is 13.0 Å². The molecule has 0 bridgehead atoms. The molecule has 0 aromatic rings. The first-order valence-corrected chi connectivity index (χ1v) is 4.56. The predicted octanol–water partition coefficient (Wildman–Crippen LogP) is 3.73. The van der Waals surface area contributed by atoms with Crippen LogP contribution in [0.25, 0.3) is 0 Å². The average molecular weight is 281 g/mol. The van der Waals surface area contributed by atoms with E-state index in [1.54, 1.807) is 0 Å². The lowest BCUT2D eigenvalue weighted by Crippen LogP contribution is -2.27. The van der Waals surface area contributed by atoms with Crippen molar-refractivity contribution < 1.29 is 0 Å². The van der Waals surface area contributed by atoms with Crippen molar-refractivity contribution in [3.8, 4) is 0 Å². The summed E-state index contributed by atoms with van der Waals surface area (Å²) in [5.74, 6) is 0. The Balaban J connectivity index is 3.73. The number of hydrogen-bond donors (Lipinski definition) is 0. The molecular weight excluding hydrogens is 277 g/mol. The highest BCUT2D eigenvalue weighted by Gasteiger charge is 2.30. The van der Waals surface area contributed by atoms with E-state index >= 15 is 0 Å². The van der Waals surface area contributed by atoms with Crippen molar-refractivity contribution in [1.82, 2.24) is 7.88 Å². The quantitative estimate of drug-likeness (QED) is 0.440. The molecule has 0 atom stereocenters. The van der Waals surface area contributed by atoms with Gasteiger partial charge >= 0.3 is 0 Å². The maximum atomic E-state index is 5.60. The van der Waals surface area contributed by atoms with Gasteiger partial charge in [-0.15, -0.1) is 3.94 Å². The van der Waals surface area contributed by atoms with Gasteiger partial charge in [0.25, 0.3) is 0 Å². The highest BCUT2D eigenvalue weighted by Crippen LogP contribution is 2.33. The highest BCUT2D eigenvalue weighted by atomic mass is 35.6. The molecule has 0 unspecified atom stereocenters. The zero-order valence-electron chi connectivity index (χ0n) is 5.08. The molecule has 0 aromatic heterocycles. The molecule has 0 N–H and O–H groups in total. The van der Waals surface area contributed by atoms with E-state index in [0.29, 0.717) is 3.94 Å². The summed E-state index contributed by atoms with van der Waals surface area (Å²) >= 11 is 32.3. The van der Waals surface area contributed by atoms with Crippen LogP contribution in [0, 0.1) is 0 Å². The summed E-state index contributed by atoms with van der Waals surface area (Å²) in [4.78, 5) is 0. The maximum Gasteiger partial charge on any atom is 0.200 e. The predicted molar refractivity (Wildman–Crippen MR) is 51.0 cm³/mol. The second-order valence-corrected chi connectivity index (χ2v) is 4.96. The summed E-state index contributed by atoms with van der Waals surface area (Å²) < 4.78 is 0.148. The van der Waals surface area contributed by atoms with Crippen LogP contribution in [0.5, 0.6) is 0 Å². The lowest BCUT2D eigenvalue weighted by Gasteiger charge is -2.22. The van der Waals surface area contributed by atoms with E-state index < -0.39 is 4.46 Å². The first kappa shape index (κ1) is 12.7. The van der Waals surface area contributed by atoms with Crippen LogP contribution >= 0.6 is 70.3 Å². The fraction of sp³-hybridized carbons (Fsp3) is 1.00. The van der Waals surface area contributed by atoms with Crippen molar-refractivity contribution in [2.75, 3.05) is 6.54 Å². The summed E-state index contributed by atoms with van der Waals surface area (Å²) in [6.45, 7) is 0.256. The van der Waals surface area contributed by atoms with Gasteiger partial charge in [-0.2, -0.15) is 0 Å². The molecule has 0 radical (unpaired) electrons. The maximum absolute atomic E-state index is 5.60. The largest absolute Gasteiger partial charge is 0.200 e. The van der Waals surface area contributed by atoms with E-state index in [4.69, 9.17) is 70.3 Å². The Hall–Kier alpha value is 1.66. The molecule has 0 fully saturated rings. The SMILES string of the molecule is ClN(Cl)CCC(Cl)(Cl)N(Cl)Cl. The zero-order chi connectivity index (χ0) is 9.07. The normalized spacial score (nSPS) is 13.1. The third-order valence-electron chi connectivity index (χ3n) is 0.829. The summed E-state index contributed by atoms with van der Waals surface area (Å²) in [6.07, 6.45) is 0.218. The molecule has 68 valence electrons. The Morgan fingerprint density at radius 2 is 1.45 bits per heavy atom. The minimum absolute atomic E-state index is 0.218. The van der Waals surface area contributed by atoms with Crippen molar-refractivity contribution in [3.05, 3.63) is 0 Å². The van der Waals surface area contributed by atoms with Crippen LogP contribution in [0.1, 0.15) is 6.42 Å². The standard InChI is InChI=1S/C3H4Cl6N2/c4-3(5,11(8)9)1-2-10(6)7/h1-2H2. The summed E-state index contributed by atoms with van der Waals surface area (Å²) in [6, 6.07) is 0. The van der Waals surface area contributed by atoms with Gasteiger partial charge in [-0.25, -0.2) is 0 Å². The van der Waals surface area contributed by atoms with Gasteiger partial charge in [-0.05, 0) is 47.1 Å². The minimum atomic E-state index is -1.37. The van der Waals surface area contributed by atoms with Crippen LogP contribution in [-0.2, 0) is 0 Å². The van der Waals surface area contributed by atoms with Crippen LogP contribution in [0.2, 0.25) is 0 Å². The Kier molecular flexibility index (Phi) is 6.22. The lowest BCUT2D eigenvalue weighted by molar-refractivity contribution is 0.495. The number of nitrogens with zero attached hydrogens (tertiary/aromatic N) is 2. The molecule has 0 spiro atoms. The van der Waals surface area contributed by atoms with Gasteiger partial charge in [-0.3, -0.25) is 0 Å². The zero-order valence-corrected chi connectivity index (χ0v) is 9.61. The topological polar surface area (TPSA) is 6.48 Å². The van der Waals surface area contributed by atoms with Crippen molar-refractivity contribution in [1.29, 1.82) is 0 Å². The first-order valence-electron chi connectivity index (χ1n) is 2.45. The number of hydrogen-bond acceptors (Lipinski definition) is 2. The fourth-order valence-corrected chi connectivity index (χ4v) is 0.811. The Morgan fingerprint density at radius 3 is 1.73 bits per heavy atom. The fourth-order valence-electron chi connectivity index (χ4n) is 0.304. The molecule has 0 saturated carbocycles. The van der Waals surface area contributed by atoms with Crippen molar-refractivity contribution in [3.63, 3.8) is 0 Å². The third-order valence-corrected chi connectivity index (χ3v) is 2.81. The Morgan fingerprint density at radius 1 is 1.00 bits per heavy atom. The Labute approximate surface area is 95.3 Å². The molecule has 0 aliphatic carbocycles. The first-order chi connectivity index (χ1) is 4.86. The molecular formula is C3H4Cl6N2. The molecule has 8 heteroatoms. The van der Waals surface area contributed by atoms with Crippen molar-refractivity contribution in [2.24, 2.45) is 0 Å². The van der Waals surface area contributed by atoms with Gasteiger partial charge < -0.3 is 0 Å². The van der Waals surface area contributed by atoms with E-state index in [1.807, 2.05) is 0 Å².